The van der Waals surface area contributed by atoms with Gasteiger partial charge < -0.3 is 15.3 Å². The average molecular weight is 290 g/mol. The highest BCUT2D eigenvalue weighted by atomic mass is 16.4. The number of hydrogen-bond acceptors (Lipinski definition) is 3. The summed E-state index contributed by atoms with van der Waals surface area (Å²) in [5.74, 6) is -1.36. The quantitative estimate of drug-likeness (QED) is 0.858. The molecule has 21 heavy (non-hydrogen) atoms. The first kappa shape index (κ1) is 15.5. The summed E-state index contributed by atoms with van der Waals surface area (Å²) >= 11 is 0. The van der Waals surface area contributed by atoms with E-state index in [4.69, 9.17) is 0 Å². The van der Waals surface area contributed by atoms with Crippen molar-refractivity contribution in [2.24, 2.45) is 5.41 Å². The maximum Gasteiger partial charge on any atom is 0.312 e. The number of nitrogens with zero attached hydrogens (tertiary/aromatic N) is 1. The third kappa shape index (κ3) is 3.42. The predicted molar refractivity (Wildman–Crippen MR) is 80.0 cm³/mol. The number of hydrogen-bond donors (Lipinski definition) is 2. The van der Waals surface area contributed by atoms with Crippen LogP contribution in [0.3, 0.4) is 0 Å². The number of likely N-dealkylation sites (tertiary alicyclic amines) is 1. The van der Waals surface area contributed by atoms with Crippen LogP contribution in [0.25, 0.3) is 0 Å². The van der Waals surface area contributed by atoms with Crippen LogP contribution in [0.5, 0.6) is 0 Å². The normalized spacial score (nSPS) is 23.7. The van der Waals surface area contributed by atoms with Crippen molar-refractivity contribution in [2.45, 2.75) is 19.3 Å². The lowest BCUT2D eigenvalue weighted by molar-refractivity contribution is -0.139. The van der Waals surface area contributed by atoms with Crippen LogP contribution in [-0.4, -0.2) is 48.6 Å². The Hall–Kier alpha value is -1.88. The Morgan fingerprint density at radius 3 is 2.62 bits per heavy atom. The van der Waals surface area contributed by atoms with Crippen LogP contribution in [0.2, 0.25) is 0 Å². The zero-order chi connectivity index (χ0) is 15.5. The van der Waals surface area contributed by atoms with Gasteiger partial charge in [-0.2, -0.15) is 0 Å². The van der Waals surface area contributed by atoms with Gasteiger partial charge in [0.25, 0.3) is 0 Å². The van der Waals surface area contributed by atoms with Crippen molar-refractivity contribution in [3.63, 3.8) is 0 Å². The van der Waals surface area contributed by atoms with E-state index in [0.29, 0.717) is 13.1 Å². The first-order chi connectivity index (χ1) is 9.96. The van der Waals surface area contributed by atoms with Crippen molar-refractivity contribution in [1.29, 1.82) is 0 Å². The number of carboxylic acid groups (broad SMARTS) is 1. The van der Waals surface area contributed by atoms with Crippen LogP contribution in [0.1, 0.15) is 24.8 Å². The molecule has 1 heterocycles. The number of carboxylic acids is 1. The molecule has 5 nitrogen and oxygen atoms in total. The highest BCUT2D eigenvalue weighted by Gasteiger charge is 2.40. The number of carbonyl (C=O) groups is 2. The molecule has 5 heteroatoms. The molecule has 1 aromatic carbocycles. The first-order valence-corrected chi connectivity index (χ1v) is 7.18. The summed E-state index contributed by atoms with van der Waals surface area (Å²) in [6.07, 6.45) is 0.758. The smallest absolute Gasteiger partial charge is 0.312 e. The van der Waals surface area contributed by atoms with Gasteiger partial charge in [-0.05, 0) is 25.5 Å². The number of nitrogens with one attached hydrogen (secondary N) is 1. The number of aliphatic carboxylic acids is 1. The maximum absolute atomic E-state index is 11.9. The van der Waals surface area contributed by atoms with Crippen molar-refractivity contribution in [1.82, 2.24) is 10.2 Å². The van der Waals surface area contributed by atoms with Crippen LogP contribution in [-0.2, 0) is 9.59 Å². The summed E-state index contributed by atoms with van der Waals surface area (Å²) in [5, 5.41) is 12.2. The molecule has 1 amide bonds. The highest BCUT2D eigenvalue weighted by Crippen LogP contribution is 2.31. The highest BCUT2D eigenvalue weighted by molar-refractivity contribution is 5.82. The second-order valence-corrected chi connectivity index (χ2v) is 5.93. The number of amides is 1. The third-order valence-corrected chi connectivity index (χ3v) is 4.27. The molecule has 2 atom stereocenters. The molecule has 2 N–H and O–H groups in total. The molecule has 0 saturated carbocycles. The number of rotatable bonds is 5. The Kier molecular flexibility index (Phi) is 4.63. The Bertz CT molecular complexity index is 518. The fraction of sp³-hybridized carbons (Fsp3) is 0.500. The summed E-state index contributed by atoms with van der Waals surface area (Å²) in [6.45, 7) is 3.72. The van der Waals surface area contributed by atoms with Crippen molar-refractivity contribution in [3.05, 3.63) is 35.9 Å². The molecule has 2 rings (SSSR count). The number of benzene rings is 1. The van der Waals surface area contributed by atoms with Crippen molar-refractivity contribution >= 4 is 11.9 Å². The maximum atomic E-state index is 11.9. The summed E-state index contributed by atoms with van der Waals surface area (Å²) in [4.78, 5) is 25.5. The molecule has 1 aliphatic heterocycles. The lowest BCUT2D eigenvalue weighted by atomic mass is 9.89. The minimum Gasteiger partial charge on any atom is -0.481 e. The third-order valence-electron chi connectivity index (χ3n) is 4.27. The molecule has 1 aromatic rings. The monoisotopic (exact) mass is 290 g/mol. The van der Waals surface area contributed by atoms with E-state index in [1.807, 2.05) is 37.3 Å². The van der Waals surface area contributed by atoms with E-state index in [9.17, 15) is 14.7 Å². The van der Waals surface area contributed by atoms with Gasteiger partial charge in [0.15, 0.2) is 0 Å². The molecule has 1 fully saturated rings. The van der Waals surface area contributed by atoms with Crippen LogP contribution in [0.4, 0.5) is 0 Å². The van der Waals surface area contributed by atoms with E-state index in [2.05, 4.69) is 10.2 Å². The van der Waals surface area contributed by atoms with Crippen molar-refractivity contribution in [2.75, 3.05) is 26.7 Å². The minimum atomic E-state index is -0.824. The zero-order valence-corrected chi connectivity index (χ0v) is 12.5. The SMILES string of the molecule is CNC(=O)C1(C)CCN(CC(C(=O)O)c2ccccc2)C1. The van der Waals surface area contributed by atoms with Crippen LogP contribution < -0.4 is 5.32 Å². The van der Waals surface area contributed by atoms with Crippen molar-refractivity contribution < 1.29 is 14.7 Å². The summed E-state index contributed by atoms with van der Waals surface area (Å²) in [7, 11) is 1.64. The zero-order valence-electron chi connectivity index (χ0n) is 12.5. The molecule has 1 saturated heterocycles. The van der Waals surface area contributed by atoms with Crippen LogP contribution >= 0.6 is 0 Å². The van der Waals surface area contributed by atoms with E-state index in [-0.39, 0.29) is 5.91 Å². The summed E-state index contributed by atoms with van der Waals surface area (Å²) in [6, 6.07) is 9.26. The largest absolute Gasteiger partial charge is 0.481 e. The Morgan fingerprint density at radius 1 is 1.38 bits per heavy atom. The molecule has 2 unspecified atom stereocenters. The molecular weight excluding hydrogens is 268 g/mol. The molecule has 0 radical (unpaired) electrons. The van der Waals surface area contributed by atoms with Crippen LogP contribution in [0, 0.1) is 5.41 Å². The Morgan fingerprint density at radius 2 is 2.05 bits per heavy atom. The van der Waals surface area contributed by atoms with E-state index < -0.39 is 17.3 Å². The van der Waals surface area contributed by atoms with Gasteiger partial charge in [-0.3, -0.25) is 9.59 Å². The van der Waals surface area contributed by atoms with Gasteiger partial charge in [-0.15, -0.1) is 0 Å². The average Bonchev–Trinajstić information content (AvgIpc) is 2.87. The van der Waals surface area contributed by atoms with E-state index >= 15 is 0 Å². The fourth-order valence-corrected chi connectivity index (χ4v) is 2.97. The Balaban J connectivity index is 2.07. The lowest BCUT2D eigenvalue weighted by Crippen LogP contribution is -2.40. The van der Waals surface area contributed by atoms with Gasteiger partial charge in [0.05, 0.1) is 11.3 Å². The van der Waals surface area contributed by atoms with Crippen molar-refractivity contribution in [3.8, 4) is 0 Å². The second-order valence-electron chi connectivity index (χ2n) is 5.93. The van der Waals surface area contributed by atoms with Gasteiger partial charge in [0.1, 0.15) is 0 Å². The fourth-order valence-electron chi connectivity index (χ4n) is 2.97. The summed E-state index contributed by atoms with van der Waals surface area (Å²) in [5.41, 5.74) is 0.382. The molecule has 0 bridgehead atoms. The number of carbonyl (C=O) groups excluding carboxylic acids is 1. The first-order valence-electron chi connectivity index (χ1n) is 7.18. The second kappa shape index (κ2) is 6.26. The topological polar surface area (TPSA) is 69.6 Å². The van der Waals surface area contributed by atoms with E-state index in [1.165, 1.54) is 0 Å². The molecular formula is C16H22N2O3. The van der Waals surface area contributed by atoms with Gasteiger partial charge >= 0.3 is 5.97 Å². The lowest BCUT2D eigenvalue weighted by Gasteiger charge is -2.24. The van der Waals surface area contributed by atoms with Crippen LogP contribution in [0.15, 0.2) is 30.3 Å². The molecule has 1 aliphatic rings. The predicted octanol–water partition coefficient (Wildman–Crippen LogP) is 1.31. The molecule has 0 aromatic heterocycles. The summed E-state index contributed by atoms with van der Waals surface area (Å²) < 4.78 is 0. The Labute approximate surface area is 125 Å². The molecule has 114 valence electrons. The van der Waals surface area contributed by atoms with Gasteiger partial charge in [-0.1, -0.05) is 30.3 Å². The van der Waals surface area contributed by atoms with E-state index in [1.54, 1.807) is 7.05 Å². The molecule has 0 spiro atoms. The minimum absolute atomic E-state index is 0.0246. The van der Waals surface area contributed by atoms with Gasteiger partial charge in [0.2, 0.25) is 5.91 Å². The van der Waals surface area contributed by atoms with E-state index in [0.717, 1.165) is 18.5 Å². The standard InChI is InChI=1S/C16H22N2O3/c1-16(15(21)17-2)8-9-18(11-16)10-13(14(19)20)12-6-4-3-5-7-12/h3-7,13H,8-11H2,1-2H3,(H,17,21)(H,19,20). The van der Waals surface area contributed by atoms with Gasteiger partial charge in [0, 0.05) is 20.1 Å². The molecule has 0 aliphatic carbocycles. The van der Waals surface area contributed by atoms with Gasteiger partial charge in [-0.25, -0.2) is 0 Å².